The first-order valence-electron chi connectivity index (χ1n) is 7.86. The first-order chi connectivity index (χ1) is 12.8. The quantitative estimate of drug-likeness (QED) is 0.446. The third-order valence-electron chi connectivity index (χ3n) is 3.56. The maximum atomic E-state index is 11.4. The lowest BCUT2D eigenvalue weighted by atomic mass is 10.1. The predicted molar refractivity (Wildman–Crippen MR) is 105 cm³/mol. The van der Waals surface area contributed by atoms with Gasteiger partial charge in [0.25, 0.3) is 0 Å². The molecule has 0 atom stereocenters. The van der Waals surface area contributed by atoms with E-state index in [0.29, 0.717) is 27.0 Å². The molecule has 142 valence electrons. The Hall–Kier alpha value is -2.22. The molecule has 2 aromatic heterocycles. The lowest BCUT2D eigenvalue weighted by molar-refractivity contribution is 0.122. The second kappa shape index (κ2) is 7.80. The molecule has 0 bridgehead atoms. The summed E-state index contributed by atoms with van der Waals surface area (Å²) >= 11 is 18.9. The van der Waals surface area contributed by atoms with Crippen LogP contribution in [0.5, 0.6) is 5.75 Å². The lowest BCUT2D eigenvalue weighted by Gasteiger charge is -2.18. The maximum absolute atomic E-state index is 11.4. The van der Waals surface area contributed by atoms with Crippen LogP contribution in [0.2, 0.25) is 15.2 Å². The Morgan fingerprint density at radius 3 is 2.63 bits per heavy atom. The van der Waals surface area contributed by atoms with Gasteiger partial charge in [-0.3, -0.25) is 0 Å². The van der Waals surface area contributed by atoms with Crippen molar-refractivity contribution in [1.82, 2.24) is 14.6 Å². The van der Waals surface area contributed by atoms with Gasteiger partial charge in [0.2, 0.25) is 5.65 Å². The van der Waals surface area contributed by atoms with Gasteiger partial charge in [-0.25, -0.2) is 9.78 Å². The fraction of sp³-hybridized carbons (Fsp3) is 0.235. The van der Waals surface area contributed by atoms with Gasteiger partial charge in [-0.2, -0.15) is 9.61 Å². The number of benzene rings is 1. The number of hydrogen-bond acceptors (Lipinski definition) is 6. The van der Waals surface area contributed by atoms with Crippen molar-refractivity contribution >= 4 is 52.4 Å². The summed E-state index contributed by atoms with van der Waals surface area (Å²) in [6.07, 6.45) is 0.472. The number of halogens is 3. The molecule has 0 spiro atoms. The molecule has 3 aromatic rings. The molecule has 0 radical (unpaired) electrons. The van der Waals surface area contributed by atoms with E-state index >= 15 is 0 Å². The molecule has 0 aliphatic carbocycles. The van der Waals surface area contributed by atoms with Crippen molar-refractivity contribution in [3.63, 3.8) is 0 Å². The number of anilines is 1. The summed E-state index contributed by atoms with van der Waals surface area (Å²) in [5.41, 5.74) is 1.43. The third kappa shape index (κ3) is 3.90. The Morgan fingerprint density at radius 1 is 1.26 bits per heavy atom. The van der Waals surface area contributed by atoms with Gasteiger partial charge in [0, 0.05) is 16.6 Å². The van der Waals surface area contributed by atoms with Gasteiger partial charge in [-0.15, -0.1) is 0 Å². The molecule has 1 N–H and O–H groups in total. The van der Waals surface area contributed by atoms with E-state index in [0.717, 1.165) is 0 Å². The summed E-state index contributed by atoms with van der Waals surface area (Å²) in [6, 6.07) is 5.12. The molecule has 2 heterocycles. The van der Waals surface area contributed by atoms with Crippen LogP contribution in [-0.4, -0.2) is 33.9 Å². The zero-order chi connectivity index (χ0) is 19.7. The largest absolute Gasteiger partial charge is 0.513 e. The van der Waals surface area contributed by atoms with Crippen LogP contribution in [0.3, 0.4) is 0 Å². The van der Waals surface area contributed by atoms with Gasteiger partial charge in [-0.05, 0) is 26.0 Å². The molecule has 7 nitrogen and oxygen atoms in total. The number of carbonyl (C=O) groups excluding carboxylic acids is 1. The maximum Gasteiger partial charge on any atom is 0.513 e. The van der Waals surface area contributed by atoms with Crippen LogP contribution >= 0.6 is 34.8 Å². The number of aromatic nitrogens is 3. The normalized spacial score (nSPS) is 11.1. The van der Waals surface area contributed by atoms with E-state index in [1.807, 2.05) is 13.8 Å². The minimum absolute atomic E-state index is 0.0469. The summed E-state index contributed by atoms with van der Waals surface area (Å²) in [4.78, 5) is 15.8. The van der Waals surface area contributed by atoms with E-state index in [-0.39, 0.29) is 22.6 Å². The van der Waals surface area contributed by atoms with Gasteiger partial charge in [0.1, 0.15) is 11.0 Å². The lowest BCUT2D eigenvalue weighted by Crippen LogP contribution is -2.15. The van der Waals surface area contributed by atoms with E-state index in [9.17, 15) is 4.79 Å². The van der Waals surface area contributed by atoms with E-state index < -0.39 is 6.16 Å². The minimum Gasteiger partial charge on any atom is -0.437 e. The molecular formula is C17H15Cl3N4O3. The van der Waals surface area contributed by atoms with Crippen LogP contribution < -0.4 is 10.1 Å². The molecule has 0 amide bonds. The molecule has 0 fully saturated rings. The Labute approximate surface area is 170 Å². The second-order valence-electron chi connectivity index (χ2n) is 5.85. The Balaban J connectivity index is 2.27. The van der Waals surface area contributed by atoms with Crippen molar-refractivity contribution < 1.29 is 14.3 Å². The highest BCUT2D eigenvalue weighted by Crippen LogP contribution is 2.40. The first kappa shape index (κ1) is 19.5. The van der Waals surface area contributed by atoms with Crippen molar-refractivity contribution in [3.8, 4) is 16.9 Å². The van der Waals surface area contributed by atoms with Gasteiger partial charge in [-0.1, -0.05) is 40.9 Å². The molecule has 0 aliphatic rings. The van der Waals surface area contributed by atoms with Gasteiger partial charge in [0.15, 0.2) is 5.75 Å². The number of nitrogens with one attached hydrogen (secondary N) is 1. The highest BCUT2D eigenvalue weighted by Gasteiger charge is 2.23. The molecular weight excluding hydrogens is 415 g/mol. The van der Waals surface area contributed by atoms with E-state index in [1.54, 1.807) is 18.2 Å². The Kier molecular flexibility index (Phi) is 5.64. The number of fused-ring (bicyclic) bond motifs is 1. The fourth-order valence-corrected chi connectivity index (χ4v) is 3.26. The number of ether oxygens (including phenoxy) is 2. The number of nitrogens with zero attached hydrogens (tertiary/aromatic N) is 3. The van der Waals surface area contributed by atoms with Gasteiger partial charge < -0.3 is 14.8 Å². The third-order valence-corrected chi connectivity index (χ3v) is 4.38. The van der Waals surface area contributed by atoms with Crippen LogP contribution in [0, 0.1) is 0 Å². The average Bonchev–Trinajstić information content (AvgIpc) is 2.98. The first-order valence-corrected chi connectivity index (χ1v) is 9.00. The number of hydrogen-bond donors (Lipinski definition) is 1. The van der Waals surface area contributed by atoms with Crippen LogP contribution in [0.25, 0.3) is 16.8 Å². The zero-order valence-electron chi connectivity index (χ0n) is 14.6. The van der Waals surface area contributed by atoms with Crippen LogP contribution in [0.15, 0.2) is 24.4 Å². The summed E-state index contributed by atoms with van der Waals surface area (Å²) in [5.74, 6) is 0.660. The van der Waals surface area contributed by atoms with Gasteiger partial charge >= 0.3 is 6.16 Å². The van der Waals surface area contributed by atoms with Crippen LogP contribution in [0.1, 0.15) is 13.8 Å². The highest BCUT2D eigenvalue weighted by molar-refractivity contribution is 6.38. The number of methoxy groups -OCH3 is 1. The standard InChI is InChI=1S/C17H15Cl3N4O3/c1-8(2)22-16-13(10-5-4-9(18)6-11(10)19)14(20)23-15-12(7-21-24(15)16)27-17(25)26-3/h4-8,22H,1-3H3. The van der Waals surface area contributed by atoms with Crippen molar-refractivity contribution in [1.29, 1.82) is 0 Å². The summed E-state index contributed by atoms with van der Waals surface area (Å²) in [7, 11) is 1.21. The van der Waals surface area contributed by atoms with E-state index in [2.05, 4.69) is 20.1 Å². The minimum atomic E-state index is -0.883. The van der Waals surface area contributed by atoms with Crippen LogP contribution in [0.4, 0.5) is 10.6 Å². The Morgan fingerprint density at radius 2 is 2.00 bits per heavy atom. The average molecular weight is 430 g/mol. The Bertz CT molecular complexity index is 1020. The van der Waals surface area contributed by atoms with Crippen molar-refractivity contribution in [2.75, 3.05) is 12.4 Å². The molecule has 0 saturated heterocycles. The summed E-state index contributed by atoms with van der Waals surface area (Å²) < 4.78 is 11.1. The highest BCUT2D eigenvalue weighted by atomic mass is 35.5. The molecule has 0 saturated carbocycles. The van der Waals surface area contributed by atoms with Gasteiger partial charge in [0.05, 0.1) is 23.9 Å². The predicted octanol–water partition coefficient (Wildman–Crippen LogP) is 5.32. The van der Waals surface area contributed by atoms with Crippen molar-refractivity contribution in [2.24, 2.45) is 0 Å². The topological polar surface area (TPSA) is 77.8 Å². The number of rotatable bonds is 4. The fourth-order valence-electron chi connectivity index (χ4n) is 2.49. The van der Waals surface area contributed by atoms with Crippen molar-refractivity contribution in [2.45, 2.75) is 19.9 Å². The van der Waals surface area contributed by atoms with Crippen molar-refractivity contribution in [3.05, 3.63) is 39.6 Å². The van der Waals surface area contributed by atoms with E-state index in [1.165, 1.54) is 17.8 Å². The monoisotopic (exact) mass is 428 g/mol. The molecule has 3 rings (SSSR count). The molecule has 1 aromatic carbocycles. The summed E-state index contributed by atoms with van der Waals surface area (Å²) in [5, 5.41) is 8.63. The number of carbonyl (C=O) groups is 1. The summed E-state index contributed by atoms with van der Waals surface area (Å²) in [6.45, 7) is 3.92. The molecule has 10 heteroatoms. The molecule has 27 heavy (non-hydrogen) atoms. The van der Waals surface area contributed by atoms with Crippen LogP contribution in [-0.2, 0) is 4.74 Å². The SMILES string of the molecule is COC(=O)Oc1cnn2c(NC(C)C)c(-c3ccc(Cl)cc3Cl)c(Cl)nc12. The molecule has 0 unspecified atom stereocenters. The smallest absolute Gasteiger partial charge is 0.437 e. The zero-order valence-corrected chi connectivity index (χ0v) is 16.9. The second-order valence-corrected chi connectivity index (χ2v) is 7.05. The van der Waals surface area contributed by atoms with E-state index in [4.69, 9.17) is 39.5 Å². The molecule has 0 aliphatic heterocycles.